The van der Waals surface area contributed by atoms with E-state index in [1.165, 1.54) is 88.6 Å². The second-order valence-electron chi connectivity index (χ2n) is 34.7. The van der Waals surface area contributed by atoms with E-state index in [1.54, 1.807) is 41.1 Å². The third-order valence-corrected chi connectivity index (χ3v) is 26.3. The number of amides is 2. The molecule has 6 heterocycles. The largest absolute Gasteiger partial charge is 0.396 e. The number of benzene rings is 3. The van der Waals surface area contributed by atoms with Gasteiger partial charge in [0.25, 0.3) is 0 Å². The summed E-state index contributed by atoms with van der Waals surface area (Å²) in [5, 5.41) is 45.3. The topological polar surface area (TPSA) is 183 Å². The summed E-state index contributed by atoms with van der Waals surface area (Å²) < 4.78 is 0. The van der Waals surface area contributed by atoms with Gasteiger partial charge in [0.2, 0.25) is 11.8 Å². The minimum atomic E-state index is -0.466. The minimum absolute atomic E-state index is 0.0349. The average molecular weight is 1450 g/mol. The smallest absolute Gasteiger partial charge is 0.220 e. The minimum Gasteiger partial charge on any atom is -0.396 e. The molecule has 0 spiro atoms. The molecule has 1 atom stereocenters. The van der Waals surface area contributed by atoms with Crippen LogP contribution in [-0.4, -0.2) is 140 Å². The Morgan fingerprint density at radius 3 is 1.10 bits per heavy atom. The third-order valence-electron chi connectivity index (χ3n) is 23.6. The SMILES string of the molecule is CC(C)NC(=O)CCCCNC1CCN(c2nc(-c3ccc4c(c3)C(C)(C)CCC4(C)C)cs2)CC1.CC1(C)CCC(C)(C)c2cc(-c3csc(N4CCC(NCC(O)CCO)CC4)n3)ccc21.CNC(=O)CCCCNC1CCN(c2nc(-c3ccc4c(c3)C(C)(C)CCC4(C)C)cs2)CC1. The Hall–Kier alpha value is -5.31. The molecule has 0 saturated carbocycles. The van der Waals surface area contributed by atoms with Crippen molar-refractivity contribution in [1.82, 2.24) is 41.5 Å². The van der Waals surface area contributed by atoms with Crippen molar-refractivity contribution in [3.05, 3.63) is 104 Å². The predicted molar refractivity (Wildman–Crippen MR) is 431 cm³/mol. The highest BCUT2D eigenvalue weighted by Gasteiger charge is 2.40. The van der Waals surface area contributed by atoms with Crippen molar-refractivity contribution in [2.24, 2.45) is 0 Å². The Morgan fingerprint density at radius 1 is 0.471 bits per heavy atom. The zero-order valence-electron chi connectivity index (χ0n) is 64.9. The molecule has 1 unspecified atom stereocenters. The van der Waals surface area contributed by atoms with Gasteiger partial charge in [-0.25, -0.2) is 15.0 Å². The fourth-order valence-electron chi connectivity index (χ4n) is 16.2. The molecule has 3 aromatic heterocycles. The molecular weight excluding hydrogens is 1320 g/mol. The molecule has 3 fully saturated rings. The van der Waals surface area contributed by atoms with Gasteiger partial charge in [0.1, 0.15) is 0 Å². The highest BCUT2D eigenvalue weighted by Crippen LogP contribution is 2.50. The van der Waals surface area contributed by atoms with E-state index in [2.05, 4.69) is 195 Å². The first kappa shape index (κ1) is 79.3. The summed E-state index contributed by atoms with van der Waals surface area (Å²) in [5.41, 5.74) is 17.4. The quantitative estimate of drug-likeness (QED) is 0.0285. The number of aromatic nitrogens is 3. The van der Waals surface area contributed by atoms with Gasteiger partial charge in [-0.1, -0.05) is 119 Å². The van der Waals surface area contributed by atoms with Crippen molar-refractivity contribution in [2.45, 2.75) is 282 Å². The lowest BCUT2D eigenvalue weighted by Gasteiger charge is -2.42. The van der Waals surface area contributed by atoms with Gasteiger partial charge >= 0.3 is 0 Å². The van der Waals surface area contributed by atoms with Gasteiger partial charge in [0.15, 0.2) is 15.4 Å². The van der Waals surface area contributed by atoms with E-state index in [-0.39, 0.29) is 57.0 Å². The fraction of sp³-hybridized carbons (Fsp3) is 0.655. The molecule has 7 N–H and O–H groups in total. The molecule has 18 heteroatoms. The highest BCUT2D eigenvalue weighted by atomic mass is 32.1. The monoisotopic (exact) mass is 1450 g/mol. The molecular formula is C84H127N11O4S3. The molecule has 15 nitrogen and oxygen atoms in total. The van der Waals surface area contributed by atoms with Gasteiger partial charge in [-0.05, 0) is 220 Å². The average Bonchev–Trinajstić information content (AvgIpc) is 0.829. The van der Waals surface area contributed by atoms with Crippen molar-refractivity contribution in [3.8, 4) is 33.8 Å². The van der Waals surface area contributed by atoms with Crippen LogP contribution in [0.3, 0.4) is 0 Å². The first-order chi connectivity index (χ1) is 48.4. The lowest BCUT2D eigenvalue weighted by Crippen LogP contribution is -2.44. The van der Waals surface area contributed by atoms with Crippen molar-refractivity contribution in [3.63, 3.8) is 0 Å². The summed E-state index contributed by atoms with van der Waals surface area (Å²) in [4.78, 5) is 45.5. The molecule has 3 saturated heterocycles. The van der Waals surface area contributed by atoms with E-state index in [0.717, 1.165) is 149 Å². The van der Waals surface area contributed by atoms with Crippen LogP contribution in [0.2, 0.25) is 0 Å². The molecule has 6 aromatic rings. The summed E-state index contributed by atoms with van der Waals surface area (Å²) in [6.45, 7) is 41.3. The van der Waals surface area contributed by atoms with Crippen LogP contribution >= 0.6 is 34.0 Å². The van der Waals surface area contributed by atoms with Gasteiger partial charge < -0.3 is 51.5 Å². The van der Waals surface area contributed by atoms with Gasteiger partial charge in [-0.15, -0.1) is 34.0 Å². The Bertz CT molecular complexity index is 3690. The molecule has 3 aromatic carbocycles. The Labute approximate surface area is 625 Å². The molecule has 6 aliphatic rings. The maximum Gasteiger partial charge on any atom is 0.220 e. The zero-order valence-corrected chi connectivity index (χ0v) is 67.4. The lowest BCUT2D eigenvalue weighted by atomic mass is 9.63. The Morgan fingerprint density at radius 2 is 0.784 bits per heavy atom. The van der Waals surface area contributed by atoms with Gasteiger partial charge in [-0.3, -0.25) is 9.59 Å². The van der Waals surface area contributed by atoms with E-state index in [1.807, 2.05) is 13.8 Å². The Kier molecular flexibility index (Phi) is 26.8. The molecule has 0 bridgehead atoms. The first-order valence-corrected chi connectivity index (χ1v) is 41.6. The van der Waals surface area contributed by atoms with Crippen molar-refractivity contribution in [1.29, 1.82) is 0 Å². The summed E-state index contributed by atoms with van der Waals surface area (Å²) in [6.07, 6.45) is 19.3. The normalized spacial score (nSPS) is 20.1. The maximum absolute atomic E-state index is 11.8. The fourth-order valence-corrected chi connectivity index (χ4v) is 18.9. The number of unbranched alkanes of at least 4 members (excludes halogenated alkanes) is 2. The summed E-state index contributed by atoms with van der Waals surface area (Å²) in [7, 11) is 1.70. The van der Waals surface area contributed by atoms with E-state index in [4.69, 9.17) is 20.1 Å². The predicted octanol–water partition coefficient (Wildman–Crippen LogP) is 16.5. The molecule has 0 radical (unpaired) electrons. The molecule has 3 aliphatic carbocycles. The number of aliphatic hydroxyl groups is 2. The summed E-state index contributed by atoms with van der Waals surface area (Å²) in [5.74, 6) is 0.308. The van der Waals surface area contributed by atoms with E-state index in [9.17, 15) is 14.7 Å². The summed E-state index contributed by atoms with van der Waals surface area (Å²) >= 11 is 5.29. The molecule has 12 rings (SSSR count). The van der Waals surface area contributed by atoms with E-state index < -0.39 is 6.10 Å². The van der Waals surface area contributed by atoms with E-state index >= 15 is 0 Å². The third kappa shape index (κ3) is 20.4. The van der Waals surface area contributed by atoms with Crippen LogP contribution < -0.4 is 41.3 Å². The number of carbonyl (C=O) groups excluding carboxylic acids is 2. The van der Waals surface area contributed by atoms with Crippen molar-refractivity contribution < 1.29 is 19.8 Å². The second-order valence-corrected chi connectivity index (χ2v) is 37.2. The second kappa shape index (κ2) is 34.5. The van der Waals surface area contributed by atoms with Crippen LogP contribution in [0, 0.1) is 0 Å². The number of piperidine rings is 3. The van der Waals surface area contributed by atoms with E-state index in [0.29, 0.717) is 43.9 Å². The number of fused-ring (bicyclic) bond motifs is 3. The standard InChI is InChI=1S/C30H46N4OS.C28H42N4OS.C26H39N3O2S/c1-21(2)32-27(35)9-7-8-16-31-23-12-17-34(18-13-23)28-33-26(20-36-28)22-10-11-24-25(19-22)30(5,6)15-14-29(24,3)4;1-27(2)13-14-28(3,4)23-18-20(9-10-22(23)27)24-19-34-26(31-24)32-16-11-21(12-17-32)30-15-7-6-8-25(33)29-5;1-25(2)10-11-26(3,4)22-15-18(5-6-21(22)25)23-17-32-24(28-23)29-12-7-19(8-13-29)27-16-20(31)9-14-30/h10-11,19-21,23,31H,7-9,12-18H2,1-6H3,(H,32,35);9-10,18-19,21,30H,6-8,11-17H2,1-5H3,(H,29,33);5-6,15,17,19-20,27,30-31H,7-14,16H2,1-4H3. The molecule has 3 aliphatic heterocycles. The summed E-state index contributed by atoms with van der Waals surface area (Å²) in [6, 6.07) is 22.9. The van der Waals surface area contributed by atoms with Crippen LogP contribution in [0.1, 0.15) is 252 Å². The first-order valence-electron chi connectivity index (χ1n) is 39.0. The molecule has 2 amide bonds. The lowest BCUT2D eigenvalue weighted by molar-refractivity contribution is -0.122. The van der Waals surface area contributed by atoms with Gasteiger partial charge in [0, 0.05) is 129 Å². The number of thiazole rings is 3. The van der Waals surface area contributed by atoms with Crippen LogP contribution in [-0.2, 0) is 42.1 Å². The maximum atomic E-state index is 11.8. The number of nitrogens with zero attached hydrogens (tertiary/aromatic N) is 6. The number of nitrogens with one attached hydrogen (secondary N) is 5. The number of anilines is 3. The van der Waals surface area contributed by atoms with Gasteiger partial charge in [0.05, 0.1) is 23.2 Å². The molecule has 102 heavy (non-hydrogen) atoms. The number of aliphatic hydroxyl groups excluding tert-OH is 2. The molecule has 560 valence electrons. The Balaban J connectivity index is 0.000000165. The van der Waals surface area contributed by atoms with Crippen LogP contribution in [0.25, 0.3) is 33.8 Å². The van der Waals surface area contributed by atoms with Crippen LogP contribution in [0.15, 0.2) is 70.7 Å². The number of rotatable bonds is 24. The van der Waals surface area contributed by atoms with Gasteiger partial charge in [-0.2, -0.15) is 0 Å². The highest BCUT2D eigenvalue weighted by molar-refractivity contribution is 7.14. The van der Waals surface area contributed by atoms with Crippen molar-refractivity contribution >= 4 is 61.2 Å². The van der Waals surface area contributed by atoms with Crippen LogP contribution in [0.4, 0.5) is 15.4 Å². The number of carbonyl (C=O) groups is 2. The van der Waals surface area contributed by atoms with Crippen molar-refractivity contribution in [2.75, 3.05) is 87.3 Å². The number of hydrogen-bond acceptors (Lipinski definition) is 16. The number of hydrogen-bond donors (Lipinski definition) is 7. The van der Waals surface area contributed by atoms with Crippen LogP contribution in [0.5, 0.6) is 0 Å². The zero-order chi connectivity index (χ0) is 73.2.